The summed E-state index contributed by atoms with van der Waals surface area (Å²) in [5, 5.41) is 21.4. The molecule has 2 aromatic rings. The number of benzene rings is 2. The number of aliphatic carboxylic acids is 1. The predicted molar refractivity (Wildman–Crippen MR) is 119 cm³/mol. The van der Waals surface area contributed by atoms with Gasteiger partial charge in [-0.15, -0.1) is 0 Å². The molecule has 6 nitrogen and oxygen atoms in total. The lowest BCUT2D eigenvalue weighted by Crippen LogP contribution is -2.34. The standard InChI is InChI=1S/C23H27NO5S/c25-21(15-17-7-8-18-4-1-2-5-19(18)14-17)10-9-20-16-29-23(28)24(20)11-13-30-12-3-6-22(26)27/h1-2,4-5,7-10,14,20-21,25H,3,6,11-13,15-16H2,(H,26,27)/b10-9+/t20-,21+/m0/s1. The van der Waals surface area contributed by atoms with Crippen molar-refractivity contribution >= 4 is 34.6 Å². The van der Waals surface area contributed by atoms with Crippen LogP contribution in [0.4, 0.5) is 4.79 Å². The van der Waals surface area contributed by atoms with E-state index in [1.54, 1.807) is 22.7 Å². The molecule has 1 amide bonds. The molecule has 2 N–H and O–H groups in total. The molecule has 0 unspecified atom stereocenters. The molecule has 30 heavy (non-hydrogen) atoms. The Morgan fingerprint density at radius 2 is 2.03 bits per heavy atom. The van der Waals surface area contributed by atoms with E-state index in [-0.39, 0.29) is 25.2 Å². The van der Waals surface area contributed by atoms with Crippen LogP contribution in [0.15, 0.2) is 54.6 Å². The van der Waals surface area contributed by atoms with Crippen molar-refractivity contribution in [3.8, 4) is 0 Å². The number of cyclic esters (lactones) is 1. The third-order valence-electron chi connectivity index (χ3n) is 4.98. The molecule has 1 heterocycles. The van der Waals surface area contributed by atoms with Crippen LogP contribution in [0, 0.1) is 0 Å². The highest BCUT2D eigenvalue weighted by atomic mass is 32.2. The van der Waals surface area contributed by atoms with E-state index in [0.29, 0.717) is 19.4 Å². The van der Waals surface area contributed by atoms with Crippen LogP contribution in [0.25, 0.3) is 10.8 Å². The van der Waals surface area contributed by atoms with Crippen LogP contribution in [0.3, 0.4) is 0 Å². The summed E-state index contributed by atoms with van der Waals surface area (Å²) in [5.74, 6) is 0.685. The number of aliphatic hydroxyl groups is 1. The van der Waals surface area contributed by atoms with E-state index < -0.39 is 12.1 Å². The number of carboxylic acids is 1. The van der Waals surface area contributed by atoms with E-state index in [1.807, 2.05) is 24.3 Å². The number of nitrogens with zero attached hydrogens (tertiary/aromatic N) is 1. The minimum Gasteiger partial charge on any atom is -0.481 e. The quantitative estimate of drug-likeness (QED) is 0.418. The highest BCUT2D eigenvalue weighted by molar-refractivity contribution is 7.99. The number of hydrogen-bond acceptors (Lipinski definition) is 5. The van der Waals surface area contributed by atoms with Gasteiger partial charge in [0.1, 0.15) is 6.61 Å². The summed E-state index contributed by atoms with van der Waals surface area (Å²) in [6.07, 6.45) is 3.87. The molecule has 0 saturated carbocycles. The van der Waals surface area contributed by atoms with Gasteiger partial charge in [0, 0.05) is 25.1 Å². The second kappa shape index (κ2) is 11.0. The fourth-order valence-electron chi connectivity index (χ4n) is 3.40. The second-order valence-electron chi connectivity index (χ2n) is 7.29. The van der Waals surface area contributed by atoms with Gasteiger partial charge < -0.3 is 14.9 Å². The zero-order valence-electron chi connectivity index (χ0n) is 16.8. The Kier molecular flexibility index (Phi) is 8.16. The molecular formula is C23H27NO5S. The largest absolute Gasteiger partial charge is 0.481 e. The summed E-state index contributed by atoms with van der Waals surface area (Å²) in [4.78, 5) is 24.2. The molecule has 0 radical (unpaired) electrons. The number of hydrogen-bond donors (Lipinski definition) is 2. The molecular weight excluding hydrogens is 402 g/mol. The van der Waals surface area contributed by atoms with Crippen molar-refractivity contribution in [1.82, 2.24) is 4.90 Å². The number of carboxylic acid groups (broad SMARTS) is 1. The SMILES string of the molecule is O=C(O)CCCSCCN1C(=O)OC[C@@H]1/C=C/[C@@H](O)Cc1ccc2ccccc2c1. The Morgan fingerprint density at radius 3 is 2.83 bits per heavy atom. The van der Waals surface area contributed by atoms with Gasteiger partial charge in [0.15, 0.2) is 0 Å². The van der Waals surface area contributed by atoms with Crippen molar-refractivity contribution in [3.63, 3.8) is 0 Å². The van der Waals surface area contributed by atoms with E-state index in [2.05, 4.69) is 24.3 Å². The molecule has 1 saturated heterocycles. The van der Waals surface area contributed by atoms with E-state index in [9.17, 15) is 14.7 Å². The number of aliphatic hydroxyl groups excluding tert-OH is 1. The first-order valence-corrected chi connectivity index (χ1v) is 11.3. The summed E-state index contributed by atoms with van der Waals surface area (Å²) in [7, 11) is 0. The highest BCUT2D eigenvalue weighted by Gasteiger charge is 2.30. The van der Waals surface area contributed by atoms with Gasteiger partial charge >= 0.3 is 12.1 Å². The topological polar surface area (TPSA) is 87.1 Å². The molecule has 0 aromatic heterocycles. The number of fused-ring (bicyclic) bond motifs is 1. The minimum atomic E-state index is -0.786. The third-order valence-corrected chi connectivity index (χ3v) is 6.03. The predicted octanol–water partition coefficient (Wildman–Crippen LogP) is 3.72. The molecule has 0 spiro atoms. The second-order valence-corrected chi connectivity index (χ2v) is 8.51. The van der Waals surface area contributed by atoms with Gasteiger partial charge in [-0.2, -0.15) is 11.8 Å². The van der Waals surface area contributed by atoms with Crippen LogP contribution in [-0.4, -0.2) is 64.0 Å². The maximum absolute atomic E-state index is 12.0. The summed E-state index contributed by atoms with van der Waals surface area (Å²) >= 11 is 1.63. The van der Waals surface area contributed by atoms with E-state index in [0.717, 1.165) is 22.5 Å². The van der Waals surface area contributed by atoms with Gasteiger partial charge in [0.05, 0.1) is 12.1 Å². The zero-order valence-corrected chi connectivity index (χ0v) is 17.6. The van der Waals surface area contributed by atoms with Crippen LogP contribution in [-0.2, 0) is 16.0 Å². The monoisotopic (exact) mass is 429 g/mol. The number of rotatable bonds is 11. The maximum Gasteiger partial charge on any atom is 0.410 e. The van der Waals surface area contributed by atoms with Crippen LogP contribution in [0.2, 0.25) is 0 Å². The fraction of sp³-hybridized carbons (Fsp3) is 0.391. The first-order valence-electron chi connectivity index (χ1n) is 10.1. The summed E-state index contributed by atoms with van der Waals surface area (Å²) in [6.45, 7) is 0.814. The lowest BCUT2D eigenvalue weighted by Gasteiger charge is -2.18. The zero-order chi connectivity index (χ0) is 21.3. The molecule has 7 heteroatoms. The van der Waals surface area contributed by atoms with Crippen LogP contribution in [0.1, 0.15) is 18.4 Å². The van der Waals surface area contributed by atoms with Crippen molar-refractivity contribution in [1.29, 1.82) is 0 Å². The average Bonchev–Trinajstić information content (AvgIpc) is 3.08. The number of ether oxygens (including phenoxy) is 1. The number of carbonyl (C=O) groups excluding carboxylic acids is 1. The van der Waals surface area contributed by atoms with Crippen molar-refractivity contribution in [3.05, 3.63) is 60.2 Å². The molecule has 0 aliphatic carbocycles. The average molecular weight is 430 g/mol. The number of amides is 1. The molecule has 3 rings (SSSR count). The van der Waals surface area contributed by atoms with Gasteiger partial charge in [-0.25, -0.2) is 4.79 Å². The van der Waals surface area contributed by atoms with Crippen LogP contribution < -0.4 is 0 Å². The minimum absolute atomic E-state index is 0.166. The molecule has 2 aromatic carbocycles. The lowest BCUT2D eigenvalue weighted by molar-refractivity contribution is -0.137. The maximum atomic E-state index is 12.0. The van der Waals surface area contributed by atoms with E-state index in [4.69, 9.17) is 9.84 Å². The Morgan fingerprint density at radius 1 is 1.23 bits per heavy atom. The molecule has 2 atom stereocenters. The van der Waals surface area contributed by atoms with Crippen molar-refractivity contribution in [2.45, 2.75) is 31.4 Å². The Bertz CT molecular complexity index is 900. The van der Waals surface area contributed by atoms with E-state index >= 15 is 0 Å². The van der Waals surface area contributed by atoms with Gasteiger partial charge in [0.25, 0.3) is 0 Å². The van der Waals surface area contributed by atoms with E-state index in [1.165, 1.54) is 5.39 Å². The van der Waals surface area contributed by atoms with Gasteiger partial charge in [-0.3, -0.25) is 9.69 Å². The Balaban J connectivity index is 1.47. The van der Waals surface area contributed by atoms with Crippen molar-refractivity contribution in [2.75, 3.05) is 24.7 Å². The molecule has 1 aliphatic rings. The summed E-state index contributed by atoms with van der Waals surface area (Å²) in [6, 6.07) is 14.1. The first-order chi connectivity index (χ1) is 14.5. The summed E-state index contributed by atoms with van der Waals surface area (Å²) in [5.41, 5.74) is 1.05. The van der Waals surface area contributed by atoms with Crippen LogP contribution in [0.5, 0.6) is 0 Å². The van der Waals surface area contributed by atoms with Gasteiger partial charge in [-0.05, 0) is 28.5 Å². The lowest BCUT2D eigenvalue weighted by atomic mass is 10.0. The normalized spacial score (nSPS) is 17.6. The smallest absolute Gasteiger partial charge is 0.410 e. The molecule has 160 valence electrons. The number of thioether (sulfide) groups is 1. The Labute approximate surface area is 180 Å². The number of carbonyl (C=O) groups is 2. The molecule has 0 bridgehead atoms. The van der Waals surface area contributed by atoms with Gasteiger partial charge in [-0.1, -0.05) is 54.6 Å². The molecule has 1 fully saturated rings. The highest BCUT2D eigenvalue weighted by Crippen LogP contribution is 2.18. The first kappa shape index (κ1) is 22.2. The summed E-state index contributed by atoms with van der Waals surface area (Å²) < 4.78 is 5.15. The molecule has 1 aliphatic heterocycles. The van der Waals surface area contributed by atoms with Crippen LogP contribution >= 0.6 is 11.8 Å². The third kappa shape index (κ3) is 6.50. The van der Waals surface area contributed by atoms with Crippen molar-refractivity contribution < 1.29 is 24.5 Å². The van der Waals surface area contributed by atoms with Crippen molar-refractivity contribution in [2.24, 2.45) is 0 Å². The fourth-order valence-corrected chi connectivity index (χ4v) is 4.28. The van der Waals surface area contributed by atoms with Gasteiger partial charge in [0.2, 0.25) is 0 Å². The Hall–Kier alpha value is -2.51.